The number of nitrogens with zero attached hydrogens (tertiary/aromatic N) is 2. The number of nitrogens with two attached hydrogens (primary N) is 1. The fourth-order valence-corrected chi connectivity index (χ4v) is 4.70. The zero-order valence-electron chi connectivity index (χ0n) is 18.0. The van der Waals surface area contributed by atoms with E-state index in [-0.39, 0.29) is 38.4 Å². The number of rotatable bonds is 5. The van der Waals surface area contributed by atoms with Gasteiger partial charge in [-0.3, -0.25) is 9.59 Å². The summed E-state index contributed by atoms with van der Waals surface area (Å²) in [4.78, 5) is 26.9. The maximum Gasteiger partial charge on any atom is 0.416 e. The molecule has 2 fully saturated rings. The summed E-state index contributed by atoms with van der Waals surface area (Å²) in [5.41, 5.74) is 2.14. The number of amides is 2. The molecule has 3 rings (SSSR count). The van der Waals surface area contributed by atoms with E-state index < -0.39 is 46.7 Å². The fraction of sp³-hybridized carbons (Fsp3) is 0.636. The number of hydrogen-bond acceptors (Lipinski definition) is 3. The Morgan fingerprint density at radius 2 is 1.52 bits per heavy atom. The van der Waals surface area contributed by atoms with Gasteiger partial charge in [0.1, 0.15) is 0 Å². The lowest BCUT2D eigenvalue weighted by atomic mass is 9.79. The molecule has 11 heteroatoms. The van der Waals surface area contributed by atoms with E-state index in [1.807, 2.05) is 0 Å². The fourth-order valence-electron chi connectivity index (χ4n) is 4.70. The molecule has 1 saturated carbocycles. The number of carbonyl (C=O) groups excluding carboxylic acids is 2. The molecule has 0 bridgehead atoms. The predicted molar refractivity (Wildman–Crippen MR) is 109 cm³/mol. The smallest absolute Gasteiger partial charge is 0.345 e. The molecular formula is C22H27F6N3O2. The van der Waals surface area contributed by atoms with Crippen LogP contribution in [0.2, 0.25) is 0 Å². The Hall–Kier alpha value is -2.30. The molecular weight excluding hydrogens is 452 g/mol. The Morgan fingerprint density at radius 1 is 1.00 bits per heavy atom. The largest absolute Gasteiger partial charge is 0.416 e. The van der Waals surface area contributed by atoms with E-state index in [0.29, 0.717) is 31.4 Å². The van der Waals surface area contributed by atoms with Crippen LogP contribution in [0.25, 0.3) is 0 Å². The molecule has 33 heavy (non-hydrogen) atoms. The van der Waals surface area contributed by atoms with Gasteiger partial charge in [-0.05, 0) is 43.9 Å². The van der Waals surface area contributed by atoms with Crippen molar-refractivity contribution in [1.29, 1.82) is 0 Å². The lowest BCUT2D eigenvalue weighted by Gasteiger charge is -2.40. The summed E-state index contributed by atoms with van der Waals surface area (Å²) in [6, 6.07) is 0.574. The topological polar surface area (TPSA) is 66.6 Å². The average molecular weight is 479 g/mol. The van der Waals surface area contributed by atoms with Gasteiger partial charge in [-0.2, -0.15) is 26.3 Å². The zero-order chi connectivity index (χ0) is 24.4. The van der Waals surface area contributed by atoms with Crippen LogP contribution in [0.15, 0.2) is 18.2 Å². The van der Waals surface area contributed by atoms with Gasteiger partial charge in [0.05, 0.1) is 11.1 Å². The third kappa shape index (κ3) is 6.18. The van der Waals surface area contributed by atoms with Gasteiger partial charge in [0.25, 0.3) is 0 Å². The highest BCUT2D eigenvalue weighted by Gasteiger charge is 2.40. The molecule has 184 valence electrons. The van der Waals surface area contributed by atoms with Crippen molar-refractivity contribution in [3.8, 4) is 0 Å². The van der Waals surface area contributed by atoms with E-state index in [9.17, 15) is 35.9 Å². The first-order chi connectivity index (χ1) is 15.3. The van der Waals surface area contributed by atoms with Crippen LogP contribution in [0.5, 0.6) is 0 Å². The molecule has 0 aromatic heterocycles. The lowest BCUT2D eigenvalue weighted by molar-refractivity contribution is -0.143. The molecule has 0 radical (unpaired) electrons. The second-order valence-electron chi connectivity index (χ2n) is 9.00. The second kappa shape index (κ2) is 9.52. The van der Waals surface area contributed by atoms with E-state index in [1.165, 1.54) is 4.90 Å². The van der Waals surface area contributed by atoms with Crippen LogP contribution in [0, 0.1) is 0 Å². The van der Waals surface area contributed by atoms with Gasteiger partial charge in [0.2, 0.25) is 12.3 Å². The van der Waals surface area contributed by atoms with Crippen LogP contribution in [-0.4, -0.2) is 41.9 Å². The van der Waals surface area contributed by atoms with Crippen LogP contribution in [0.1, 0.15) is 62.5 Å². The van der Waals surface area contributed by atoms with Crippen molar-refractivity contribution in [1.82, 2.24) is 4.90 Å². The highest BCUT2D eigenvalue weighted by atomic mass is 19.4. The van der Waals surface area contributed by atoms with Crippen LogP contribution in [0.4, 0.5) is 32.0 Å². The summed E-state index contributed by atoms with van der Waals surface area (Å²) in [6.45, 7) is 0.494. The van der Waals surface area contributed by atoms with Crippen molar-refractivity contribution in [2.75, 3.05) is 18.0 Å². The molecule has 1 aliphatic heterocycles. The first-order valence-electron chi connectivity index (χ1n) is 10.9. The Kier molecular flexibility index (Phi) is 7.30. The first kappa shape index (κ1) is 25.3. The molecule has 1 aromatic rings. The summed E-state index contributed by atoms with van der Waals surface area (Å²) in [7, 11) is 0. The summed E-state index contributed by atoms with van der Waals surface area (Å²) >= 11 is 0. The van der Waals surface area contributed by atoms with Gasteiger partial charge >= 0.3 is 12.4 Å². The molecule has 1 aliphatic carbocycles. The number of carbonyl (C=O) groups is 2. The zero-order valence-corrected chi connectivity index (χ0v) is 18.0. The molecule has 2 aliphatic rings. The Bertz CT molecular complexity index is 824. The maximum absolute atomic E-state index is 13.4. The average Bonchev–Trinajstić information content (AvgIpc) is 2.73. The van der Waals surface area contributed by atoms with Crippen LogP contribution in [-0.2, 0) is 21.9 Å². The van der Waals surface area contributed by atoms with E-state index in [0.717, 1.165) is 24.2 Å². The van der Waals surface area contributed by atoms with E-state index in [4.69, 9.17) is 5.73 Å². The minimum atomic E-state index is -5.02. The predicted octanol–water partition coefficient (Wildman–Crippen LogP) is 4.73. The van der Waals surface area contributed by atoms with Crippen molar-refractivity contribution < 1.29 is 35.9 Å². The number of piperidine rings is 1. The number of benzene rings is 1. The van der Waals surface area contributed by atoms with Gasteiger partial charge in [0.15, 0.2) is 0 Å². The van der Waals surface area contributed by atoms with Crippen molar-refractivity contribution >= 4 is 18.0 Å². The first-order valence-corrected chi connectivity index (χ1v) is 10.9. The molecule has 0 unspecified atom stereocenters. The van der Waals surface area contributed by atoms with Crippen molar-refractivity contribution in [2.24, 2.45) is 5.73 Å². The van der Waals surface area contributed by atoms with Gasteiger partial charge < -0.3 is 15.5 Å². The lowest BCUT2D eigenvalue weighted by Crippen LogP contribution is -2.52. The van der Waals surface area contributed by atoms with Gasteiger partial charge in [-0.25, -0.2) is 0 Å². The van der Waals surface area contributed by atoms with E-state index in [1.54, 1.807) is 0 Å². The molecule has 2 N–H and O–H groups in total. The number of hydrogen-bond donors (Lipinski definition) is 1. The third-order valence-corrected chi connectivity index (χ3v) is 6.49. The highest BCUT2D eigenvalue weighted by Crippen LogP contribution is 2.40. The molecule has 0 atom stereocenters. The molecule has 1 aromatic carbocycles. The van der Waals surface area contributed by atoms with Crippen LogP contribution >= 0.6 is 0 Å². The van der Waals surface area contributed by atoms with Crippen LogP contribution < -0.4 is 10.6 Å². The van der Waals surface area contributed by atoms with Gasteiger partial charge in [-0.15, -0.1) is 0 Å². The van der Waals surface area contributed by atoms with E-state index >= 15 is 0 Å². The summed E-state index contributed by atoms with van der Waals surface area (Å²) in [6.07, 6.45) is -5.41. The monoisotopic (exact) mass is 479 g/mol. The molecule has 1 saturated heterocycles. The minimum Gasteiger partial charge on any atom is -0.345 e. The Morgan fingerprint density at radius 3 is 1.97 bits per heavy atom. The second-order valence-corrected chi connectivity index (χ2v) is 9.00. The highest BCUT2D eigenvalue weighted by molar-refractivity contribution is 5.95. The van der Waals surface area contributed by atoms with Crippen LogP contribution in [0.3, 0.4) is 0 Å². The normalized spacial score (nSPS) is 19.9. The van der Waals surface area contributed by atoms with Gasteiger partial charge in [-0.1, -0.05) is 19.3 Å². The number of halogens is 6. The summed E-state index contributed by atoms with van der Waals surface area (Å²) in [5.74, 6) is -0.601. The number of anilines is 1. The molecule has 2 amide bonds. The minimum absolute atomic E-state index is 0.0483. The number of alkyl halides is 6. The SMILES string of the molecule is NC1(CC(=O)N(c2cc(C(F)(F)F)cc(C(F)(F)F)c2)C2CCN(C=O)CC2)CCCCC1. The van der Waals surface area contributed by atoms with Crippen molar-refractivity contribution in [3.05, 3.63) is 29.3 Å². The summed E-state index contributed by atoms with van der Waals surface area (Å²) < 4.78 is 80.6. The standard InChI is InChI=1S/C22H27F6N3O2/c23-21(24,25)15-10-16(22(26,27)28)12-18(11-15)31(17-4-8-30(14-32)9-5-17)19(33)13-20(29)6-2-1-3-7-20/h10-12,14,17H,1-9,13,29H2. The maximum atomic E-state index is 13.4. The Balaban J connectivity index is 2.03. The molecule has 5 nitrogen and oxygen atoms in total. The van der Waals surface area contributed by atoms with Crippen molar-refractivity contribution in [2.45, 2.75) is 75.3 Å². The van der Waals surface area contributed by atoms with E-state index in [2.05, 4.69) is 0 Å². The molecule has 0 spiro atoms. The Labute approximate surface area is 187 Å². The van der Waals surface area contributed by atoms with Gasteiger partial charge in [0, 0.05) is 36.8 Å². The quantitative estimate of drug-likeness (QED) is 0.491. The molecule has 1 heterocycles. The third-order valence-electron chi connectivity index (χ3n) is 6.49. The number of likely N-dealkylation sites (tertiary alicyclic amines) is 1. The van der Waals surface area contributed by atoms with Crippen molar-refractivity contribution in [3.63, 3.8) is 0 Å². The summed E-state index contributed by atoms with van der Waals surface area (Å²) in [5, 5.41) is 0.